The van der Waals surface area contributed by atoms with E-state index in [1.54, 1.807) is 0 Å². The molecule has 0 heterocycles. The molecule has 0 bridgehead atoms. The van der Waals surface area contributed by atoms with Gasteiger partial charge in [-0.2, -0.15) is 0 Å². The van der Waals surface area contributed by atoms with Crippen molar-refractivity contribution in [3.63, 3.8) is 0 Å². The number of rotatable bonds is 7. The van der Waals surface area contributed by atoms with Crippen molar-refractivity contribution in [2.24, 2.45) is 5.92 Å². The summed E-state index contributed by atoms with van der Waals surface area (Å²) in [5, 5.41) is 0. The van der Waals surface area contributed by atoms with E-state index in [0.717, 1.165) is 31.3 Å². The molecule has 0 spiro atoms. The quantitative estimate of drug-likeness (QED) is 0.397. The van der Waals surface area contributed by atoms with Crippen molar-refractivity contribution in [3.8, 4) is 0 Å². The normalized spacial score (nSPS) is 21.0. The third-order valence-electron chi connectivity index (χ3n) is 7.45. The number of allylic oxidation sites excluding steroid dienone is 8. The van der Waals surface area contributed by atoms with Gasteiger partial charge < -0.3 is 0 Å². The van der Waals surface area contributed by atoms with Crippen LogP contribution in [0.25, 0.3) is 11.6 Å². The summed E-state index contributed by atoms with van der Waals surface area (Å²) in [5.41, 5.74) is 14.4. The second-order valence-electron chi connectivity index (χ2n) is 10.00. The maximum atomic E-state index is 4.67. The predicted molar refractivity (Wildman–Crippen MR) is 150 cm³/mol. The molecule has 1 saturated carbocycles. The van der Waals surface area contributed by atoms with Gasteiger partial charge >= 0.3 is 0 Å². The molecule has 4 rings (SSSR count). The van der Waals surface area contributed by atoms with E-state index < -0.39 is 0 Å². The maximum Gasteiger partial charge on any atom is 0.0201 e. The smallest absolute Gasteiger partial charge is 0.0201 e. The van der Waals surface area contributed by atoms with E-state index in [-0.39, 0.29) is 11.8 Å². The first-order chi connectivity index (χ1) is 16.3. The Morgan fingerprint density at radius 3 is 2.41 bits per heavy atom. The fraction of sp³-hybridized carbons (Fsp3) is 0.294. The average molecular weight is 447 g/mol. The van der Waals surface area contributed by atoms with Crippen molar-refractivity contribution >= 4 is 11.6 Å². The minimum absolute atomic E-state index is 0.249. The Hall–Kier alpha value is -3.12. The van der Waals surface area contributed by atoms with Gasteiger partial charge in [-0.1, -0.05) is 117 Å². The van der Waals surface area contributed by atoms with E-state index in [9.17, 15) is 0 Å². The van der Waals surface area contributed by atoms with E-state index in [1.807, 2.05) is 0 Å². The molecular weight excluding hydrogens is 408 g/mol. The number of fused-ring (bicyclic) bond motifs is 1. The highest BCUT2D eigenvalue weighted by atomic mass is 14.4. The maximum absolute atomic E-state index is 4.67. The Kier molecular flexibility index (Phi) is 7.08. The summed E-state index contributed by atoms with van der Waals surface area (Å²) < 4.78 is 0. The summed E-state index contributed by atoms with van der Waals surface area (Å²) in [6, 6.07) is 17.9. The summed E-state index contributed by atoms with van der Waals surface area (Å²) in [4.78, 5) is 0. The molecular formula is C34H38. The molecule has 2 aliphatic carbocycles. The molecule has 2 unspecified atom stereocenters. The highest BCUT2D eigenvalue weighted by Gasteiger charge is 2.40. The van der Waals surface area contributed by atoms with Crippen LogP contribution in [0.15, 0.2) is 108 Å². The molecule has 34 heavy (non-hydrogen) atoms. The molecule has 0 amide bonds. The number of benzene rings is 2. The van der Waals surface area contributed by atoms with Gasteiger partial charge in [0.25, 0.3) is 0 Å². The lowest BCUT2D eigenvalue weighted by atomic mass is 9.69. The number of aryl methyl sites for hydroxylation is 1. The molecule has 0 nitrogen and oxygen atoms in total. The molecule has 174 valence electrons. The minimum Gasteiger partial charge on any atom is -0.0955 e. The topological polar surface area (TPSA) is 0 Å². The Balaban J connectivity index is 1.80. The van der Waals surface area contributed by atoms with Crippen LogP contribution in [0, 0.1) is 5.92 Å². The molecule has 0 saturated heterocycles. The van der Waals surface area contributed by atoms with Gasteiger partial charge in [-0.05, 0) is 77.7 Å². The Bertz CT molecular complexity index is 1220. The molecule has 0 heteroatoms. The molecule has 2 aromatic carbocycles. The second kappa shape index (κ2) is 10.0. The first kappa shape index (κ1) is 24.0. The number of hydrogen-bond donors (Lipinski definition) is 0. The van der Waals surface area contributed by atoms with E-state index >= 15 is 0 Å². The third kappa shape index (κ3) is 4.60. The van der Waals surface area contributed by atoms with E-state index in [0.29, 0.717) is 0 Å². The van der Waals surface area contributed by atoms with Crippen molar-refractivity contribution < 1.29 is 0 Å². The first-order valence-corrected chi connectivity index (χ1v) is 12.7. The van der Waals surface area contributed by atoms with Crippen molar-refractivity contribution in [2.45, 2.75) is 59.3 Å². The van der Waals surface area contributed by atoms with Gasteiger partial charge in [0.1, 0.15) is 0 Å². The first-order valence-electron chi connectivity index (χ1n) is 12.7. The van der Waals surface area contributed by atoms with Gasteiger partial charge in [0.15, 0.2) is 0 Å². The van der Waals surface area contributed by atoms with E-state index in [2.05, 4.69) is 108 Å². The average Bonchev–Trinajstić information content (AvgIpc) is 3.13. The largest absolute Gasteiger partial charge is 0.0955 e. The zero-order chi connectivity index (χ0) is 24.4. The lowest BCUT2D eigenvalue weighted by Gasteiger charge is -2.35. The van der Waals surface area contributed by atoms with Crippen molar-refractivity contribution in [1.29, 1.82) is 0 Å². The summed E-state index contributed by atoms with van der Waals surface area (Å²) in [6.45, 7) is 22.2. The van der Waals surface area contributed by atoms with E-state index in [1.165, 1.54) is 55.7 Å². The molecule has 0 N–H and O–H groups in total. The molecule has 0 radical (unpaired) electrons. The Morgan fingerprint density at radius 2 is 1.76 bits per heavy atom. The minimum atomic E-state index is 0.249. The van der Waals surface area contributed by atoms with Gasteiger partial charge in [0, 0.05) is 11.8 Å². The fourth-order valence-electron chi connectivity index (χ4n) is 5.68. The predicted octanol–water partition coefficient (Wildman–Crippen LogP) is 9.64. The van der Waals surface area contributed by atoms with Gasteiger partial charge in [-0.15, -0.1) is 0 Å². The van der Waals surface area contributed by atoms with Crippen LogP contribution in [-0.2, 0) is 6.42 Å². The van der Waals surface area contributed by atoms with Crippen LogP contribution in [0.1, 0.15) is 75.1 Å². The van der Waals surface area contributed by atoms with Crippen LogP contribution in [0.3, 0.4) is 0 Å². The fourth-order valence-corrected chi connectivity index (χ4v) is 5.68. The van der Waals surface area contributed by atoms with Crippen LogP contribution < -0.4 is 0 Å². The molecule has 1 fully saturated rings. The lowest BCUT2D eigenvalue weighted by Crippen LogP contribution is -2.21. The summed E-state index contributed by atoms with van der Waals surface area (Å²) in [6.07, 6.45) is 8.94. The van der Waals surface area contributed by atoms with Crippen LogP contribution in [0.2, 0.25) is 0 Å². The van der Waals surface area contributed by atoms with Crippen LogP contribution >= 0.6 is 0 Å². The van der Waals surface area contributed by atoms with Gasteiger partial charge in [-0.3, -0.25) is 0 Å². The Morgan fingerprint density at radius 1 is 1.03 bits per heavy atom. The third-order valence-corrected chi connectivity index (χ3v) is 7.45. The summed E-state index contributed by atoms with van der Waals surface area (Å²) >= 11 is 0. The molecule has 0 aromatic heterocycles. The van der Waals surface area contributed by atoms with E-state index in [4.69, 9.17) is 0 Å². The van der Waals surface area contributed by atoms with Crippen molar-refractivity contribution in [2.75, 3.05) is 0 Å². The van der Waals surface area contributed by atoms with Crippen LogP contribution in [0.5, 0.6) is 0 Å². The zero-order valence-corrected chi connectivity index (χ0v) is 21.4. The van der Waals surface area contributed by atoms with Gasteiger partial charge in [-0.25, -0.2) is 0 Å². The molecule has 2 atom stereocenters. The SMILES string of the molecule is C=C(CCC)C1=C(C)C=C2C/C(=C\c3ccc(CC)cc3)C(=C)C2C1c1cccc(C(=C)C)c1. The summed E-state index contributed by atoms with van der Waals surface area (Å²) in [7, 11) is 0. The van der Waals surface area contributed by atoms with Crippen molar-refractivity contribution in [3.05, 3.63) is 130 Å². The summed E-state index contributed by atoms with van der Waals surface area (Å²) in [5.74, 6) is 0.535. The van der Waals surface area contributed by atoms with Crippen LogP contribution in [-0.4, -0.2) is 0 Å². The van der Waals surface area contributed by atoms with Crippen LogP contribution in [0.4, 0.5) is 0 Å². The van der Waals surface area contributed by atoms with Gasteiger partial charge in [0.2, 0.25) is 0 Å². The molecule has 2 aromatic rings. The number of hydrogen-bond acceptors (Lipinski definition) is 0. The standard InChI is InChI=1S/C34H38/c1-8-11-23(5)32-24(6)18-31-21-30(19-27-16-14-26(9-2)15-17-27)25(7)33(31)34(32)29-13-10-12-28(20-29)22(3)4/h10,12-20,33-34H,3,5,7-9,11,21H2,1-2,4,6H3/b30-19+. The van der Waals surface area contributed by atoms with Crippen molar-refractivity contribution in [1.82, 2.24) is 0 Å². The highest BCUT2D eigenvalue weighted by Crippen LogP contribution is 2.55. The Labute approximate surface area is 206 Å². The molecule has 0 aliphatic heterocycles. The highest BCUT2D eigenvalue weighted by molar-refractivity contribution is 5.68. The zero-order valence-electron chi connectivity index (χ0n) is 21.4. The lowest BCUT2D eigenvalue weighted by molar-refractivity contribution is 0.619. The second-order valence-corrected chi connectivity index (χ2v) is 10.00. The monoisotopic (exact) mass is 446 g/mol. The van der Waals surface area contributed by atoms with Gasteiger partial charge in [0.05, 0.1) is 0 Å². The molecule has 2 aliphatic rings.